The molecule has 1 saturated carbocycles. The van der Waals surface area contributed by atoms with Crippen molar-refractivity contribution in [1.29, 1.82) is 0 Å². The van der Waals surface area contributed by atoms with E-state index in [-0.39, 0.29) is 0 Å². The topological polar surface area (TPSA) is 41.6 Å². The molecule has 3 nitrogen and oxygen atoms in total. The normalized spacial score (nSPS) is 24.1. The Bertz CT molecular complexity index is 207. The molecule has 1 aliphatic heterocycles. The summed E-state index contributed by atoms with van der Waals surface area (Å²) in [6, 6.07) is 0. The first-order chi connectivity index (χ1) is 6.92. The predicted octanol–water partition coefficient (Wildman–Crippen LogP) is 1.24. The van der Waals surface area contributed by atoms with Gasteiger partial charge >= 0.3 is 0 Å². The van der Waals surface area contributed by atoms with Crippen LogP contribution in [0.1, 0.15) is 32.1 Å². The summed E-state index contributed by atoms with van der Waals surface area (Å²) in [6.07, 6.45) is 6.89. The summed E-state index contributed by atoms with van der Waals surface area (Å²) < 4.78 is 0. The fourth-order valence-corrected chi connectivity index (χ4v) is 2.63. The minimum atomic E-state index is 0.748. The second kappa shape index (κ2) is 4.78. The molecule has 1 fully saturated rings. The molecule has 0 radical (unpaired) electrons. The molecule has 1 heterocycles. The van der Waals surface area contributed by atoms with E-state index < -0.39 is 0 Å². The van der Waals surface area contributed by atoms with E-state index in [1.165, 1.54) is 37.9 Å². The standard InChI is InChI=1S/C11H21N3/c12-6-8-14-9-7-13-11(14)10-4-2-1-3-5-10/h10H,1-9,12H2. The molecule has 2 aliphatic rings. The highest BCUT2D eigenvalue weighted by molar-refractivity contribution is 5.86. The molecule has 0 spiro atoms. The Balaban J connectivity index is 1.93. The van der Waals surface area contributed by atoms with E-state index >= 15 is 0 Å². The second-order valence-electron chi connectivity index (χ2n) is 4.35. The van der Waals surface area contributed by atoms with Gasteiger partial charge in [-0.05, 0) is 12.8 Å². The molecular weight excluding hydrogens is 174 g/mol. The average molecular weight is 195 g/mol. The van der Waals surface area contributed by atoms with Gasteiger partial charge in [0.15, 0.2) is 0 Å². The highest BCUT2D eigenvalue weighted by Crippen LogP contribution is 2.27. The molecule has 0 amide bonds. The van der Waals surface area contributed by atoms with Crippen LogP contribution in [-0.4, -0.2) is 36.9 Å². The van der Waals surface area contributed by atoms with Crippen LogP contribution >= 0.6 is 0 Å². The Morgan fingerprint density at radius 1 is 1.29 bits per heavy atom. The van der Waals surface area contributed by atoms with E-state index in [0.29, 0.717) is 0 Å². The van der Waals surface area contributed by atoms with E-state index in [2.05, 4.69) is 9.89 Å². The monoisotopic (exact) mass is 195 g/mol. The van der Waals surface area contributed by atoms with Crippen LogP contribution in [0.2, 0.25) is 0 Å². The third kappa shape index (κ3) is 2.08. The Hall–Kier alpha value is -0.570. The molecule has 0 bridgehead atoms. The highest BCUT2D eigenvalue weighted by Gasteiger charge is 2.25. The molecule has 80 valence electrons. The summed E-state index contributed by atoms with van der Waals surface area (Å²) in [5, 5.41) is 0. The third-order valence-corrected chi connectivity index (χ3v) is 3.34. The zero-order valence-corrected chi connectivity index (χ0v) is 8.91. The van der Waals surface area contributed by atoms with Crippen molar-refractivity contribution in [3.05, 3.63) is 0 Å². The van der Waals surface area contributed by atoms with Gasteiger partial charge in [0.25, 0.3) is 0 Å². The van der Waals surface area contributed by atoms with Gasteiger partial charge < -0.3 is 10.6 Å². The number of rotatable bonds is 3. The van der Waals surface area contributed by atoms with E-state index in [1.54, 1.807) is 0 Å². The molecule has 0 aromatic rings. The molecule has 0 aromatic heterocycles. The lowest BCUT2D eigenvalue weighted by atomic mass is 9.88. The maximum Gasteiger partial charge on any atom is 0.102 e. The molecule has 0 unspecified atom stereocenters. The first-order valence-electron chi connectivity index (χ1n) is 5.91. The van der Waals surface area contributed by atoms with E-state index in [9.17, 15) is 0 Å². The van der Waals surface area contributed by atoms with E-state index in [0.717, 1.165) is 32.1 Å². The smallest absolute Gasteiger partial charge is 0.102 e. The van der Waals surface area contributed by atoms with Crippen molar-refractivity contribution in [2.45, 2.75) is 32.1 Å². The van der Waals surface area contributed by atoms with Gasteiger partial charge in [-0.3, -0.25) is 4.99 Å². The van der Waals surface area contributed by atoms with Gasteiger partial charge in [0, 0.05) is 25.6 Å². The zero-order valence-electron chi connectivity index (χ0n) is 8.91. The van der Waals surface area contributed by atoms with Crippen LogP contribution < -0.4 is 5.73 Å². The van der Waals surface area contributed by atoms with Crippen LogP contribution in [0.25, 0.3) is 0 Å². The fraction of sp³-hybridized carbons (Fsp3) is 0.909. The molecule has 3 heteroatoms. The lowest BCUT2D eigenvalue weighted by Gasteiger charge is -2.28. The molecule has 0 saturated heterocycles. The van der Waals surface area contributed by atoms with Crippen LogP contribution in [-0.2, 0) is 0 Å². The van der Waals surface area contributed by atoms with Gasteiger partial charge in [-0.1, -0.05) is 19.3 Å². The minimum absolute atomic E-state index is 0.748. The number of amidine groups is 1. The van der Waals surface area contributed by atoms with Gasteiger partial charge in [0.1, 0.15) is 5.84 Å². The first-order valence-corrected chi connectivity index (χ1v) is 5.91. The van der Waals surface area contributed by atoms with Crippen molar-refractivity contribution >= 4 is 5.84 Å². The van der Waals surface area contributed by atoms with Gasteiger partial charge in [-0.25, -0.2) is 0 Å². The summed E-state index contributed by atoms with van der Waals surface area (Å²) in [5.41, 5.74) is 5.60. The van der Waals surface area contributed by atoms with Crippen LogP contribution in [0.5, 0.6) is 0 Å². The number of hydrogen-bond acceptors (Lipinski definition) is 3. The number of aliphatic imine (C=N–C) groups is 1. The number of nitrogens with two attached hydrogens (primary N) is 1. The van der Waals surface area contributed by atoms with Gasteiger partial charge in [-0.2, -0.15) is 0 Å². The second-order valence-corrected chi connectivity index (χ2v) is 4.35. The predicted molar refractivity (Wildman–Crippen MR) is 59.5 cm³/mol. The van der Waals surface area contributed by atoms with Gasteiger partial charge in [0.05, 0.1) is 6.54 Å². The zero-order chi connectivity index (χ0) is 9.80. The molecule has 1 aliphatic carbocycles. The van der Waals surface area contributed by atoms with Crippen molar-refractivity contribution in [3.8, 4) is 0 Å². The maximum absolute atomic E-state index is 5.60. The lowest BCUT2D eigenvalue weighted by Crippen LogP contribution is -2.37. The molecule has 14 heavy (non-hydrogen) atoms. The Morgan fingerprint density at radius 3 is 2.79 bits per heavy atom. The van der Waals surface area contributed by atoms with Gasteiger partial charge in [-0.15, -0.1) is 0 Å². The van der Waals surface area contributed by atoms with Crippen molar-refractivity contribution in [2.75, 3.05) is 26.2 Å². The van der Waals surface area contributed by atoms with E-state index in [1.807, 2.05) is 0 Å². The first kappa shape index (κ1) is 9.97. The summed E-state index contributed by atoms with van der Waals surface area (Å²) in [6.45, 7) is 3.84. The van der Waals surface area contributed by atoms with Crippen LogP contribution in [0.4, 0.5) is 0 Å². The largest absolute Gasteiger partial charge is 0.357 e. The van der Waals surface area contributed by atoms with Crippen molar-refractivity contribution in [3.63, 3.8) is 0 Å². The number of hydrogen-bond donors (Lipinski definition) is 1. The summed E-state index contributed by atoms with van der Waals surface area (Å²) in [4.78, 5) is 7.05. The van der Waals surface area contributed by atoms with Crippen molar-refractivity contribution < 1.29 is 0 Å². The molecule has 2 rings (SSSR count). The fourth-order valence-electron chi connectivity index (χ4n) is 2.63. The third-order valence-electron chi connectivity index (χ3n) is 3.34. The SMILES string of the molecule is NCCN1CCN=C1C1CCCCC1. The Morgan fingerprint density at radius 2 is 2.07 bits per heavy atom. The Labute approximate surface area is 86.4 Å². The highest BCUT2D eigenvalue weighted by atomic mass is 15.2. The lowest BCUT2D eigenvalue weighted by molar-refractivity contribution is 0.383. The van der Waals surface area contributed by atoms with Crippen LogP contribution in [0, 0.1) is 5.92 Å². The van der Waals surface area contributed by atoms with Crippen molar-refractivity contribution in [1.82, 2.24) is 4.90 Å². The van der Waals surface area contributed by atoms with Crippen LogP contribution in [0.15, 0.2) is 4.99 Å². The summed E-state index contributed by atoms with van der Waals surface area (Å²) >= 11 is 0. The van der Waals surface area contributed by atoms with Gasteiger partial charge in [0.2, 0.25) is 0 Å². The quantitative estimate of drug-likeness (QED) is 0.736. The molecule has 0 atom stereocenters. The summed E-state index contributed by atoms with van der Waals surface area (Å²) in [5.74, 6) is 2.12. The molecule has 0 aromatic carbocycles. The van der Waals surface area contributed by atoms with E-state index in [4.69, 9.17) is 5.73 Å². The molecular formula is C11H21N3. The minimum Gasteiger partial charge on any atom is -0.357 e. The van der Waals surface area contributed by atoms with Crippen LogP contribution in [0.3, 0.4) is 0 Å². The van der Waals surface area contributed by atoms with Crippen molar-refractivity contribution in [2.24, 2.45) is 16.6 Å². The molecule has 2 N–H and O–H groups in total. The maximum atomic E-state index is 5.60. The number of nitrogens with zero attached hydrogens (tertiary/aromatic N) is 2. The average Bonchev–Trinajstić information content (AvgIpc) is 2.68. The Kier molecular flexibility index (Phi) is 3.40. The summed E-state index contributed by atoms with van der Waals surface area (Å²) in [7, 11) is 0.